The molecular formula is C22H18S. The van der Waals surface area contributed by atoms with Crippen molar-refractivity contribution in [1.82, 2.24) is 0 Å². The average molecular weight is 314 g/mol. The van der Waals surface area contributed by atoms with Crippen LogP contribution in [0.5, 0.6) is 0 Å². The molecule has 4 aromatic rings. The molecule has 0 aliphatic carbocycles. The van der Waals surface area contributed by atoms with Gasteiger partial charge in [0.05, 0.1) is 0 Å². The second-order valence-corrected chi connectivity index (χ2v) is 7.32. The summed E-state index contributed by atoms with van der Waals surface area (Å²) >= 11 is 1.89. The molecule has 0 atom stereocenters. The lowest BCUT2D eigenvalue weighted by Gasteiger charge is -2.12. The van der Waals surface area contributed by atoms with Gasteiger partial charge in [0.1, 0.15) is 0 Å². The average Bonchev–Trinajstić information content (AvgIpc) is 2.89. The van der Waals surface area contributed by atoms with Gasteiger partial charge in [-0.25, -0.2) is 0 Å². The van der Waals surface area contributed by atoms with Crippen molar-refractivity contribution in [2.45, 2.75) is 13.8 Å². The Hall–Kier alpha value is -2.38. The maximum atomic E-state index is 2.37. The monoisotopic (exact) mass is 314 g/mol. The standard InChI is InChI=1S/C22H18S/c1-15-19-13-21(17-9-5-3-6-10-17)22(14-20(19)16(2)23-15)18-11-7-4-8-12-18/h3-14H,1-2H3. The van der Waals surface area contributed by atoms with Gasteiger partial charge in [0, 0.05) is 9.75 Å². The third kappa shape index (κ3) is 2.47. The van der Waals surface area contributed by atoms with Crippen molar-refractivity contribution < 1.29 is 0 Å². The Kier molecular flexibility index (Phi) is 3.51. The van der Waals surface area contributed by atoms with E-state index in [1.807, 2.05) is 11.3 Å². The molecule has 112 valence electrons. The molecule has 4 rings (SSSR count). The van der Waals surface area contributed by atoms with Crippen LogP contribution in [-0.2, 0) is 0 Å². The highest BCUT2D eigenvalue weighted by molar-refractivity contribution is 7.13. The summed E-state index contributed by atoms with van der Waals surface area (Å²) in [4.78, 5) is 2.79. The molecule has 1 aromatic heterocycles. The molecule has 1 heteroatoms. The lowest BCUT2D eigenvalue weighted by molar-refractivity contribution is 1.59. The summed E-state index contributed by atoms with van der Waals surface area (Å²) in [5.74, 6) is 0. The first-order valence-corrected chi connectivity index (χ1v) is 8.70. The van der Waals surface area contributed by atoms with Gasteiger partial charge in [0.15, 0.2) is 0 Å². The highest BCUT2D eigenvalue weighted by Crippen LogP contribution is 2.40. The van der Waals surface area contributed by atoms with Gasteiger partial charge in [0.25, 0.3) is 0 Å². The Balaban J connectivity index is 2.08. The van der Waals surface area contributed by atoms with E-state index < -0.39 is 0 Å². The van der Waals surface area contributed by atoms with Crippen molar-refractivity contribution >= 4 is 22.1 Å². The molecule has 0 unspecified atom stereocenters. The SMILES string of the molecule is Cc1sc(C)c2cc(-c3ccccc3)c(-c3ccccc3)cc12. The molecule has 0 amide bonds. The number of aryl methyl sites for hydroxylation is 2. The topological polar surface area (TPSA) is 0 Å². The van der Waals surface area contributed by atoms with Crippen LogP contribution in [0.25, 0.3) is 33.0 Å². The minimum Gasteiger partial charge on any atom is -0.145 e. The molecule has 0 aliphatic rings. The number of hydrogen-bond donors (Lipinski definition) is 0. The van der Waals surface area contributed by atoms with E-state index in [0.29, 0.717) is 0 Å². The molecule has 0 N–H and O–H groups in total. The number of benzene rings is 3. The summed E-state index contributed by atoms with van der Waals surface area (Å²) < 4.78 is 0. The van der Waals surface area contributed by atoms with Crippen LogP contribution >= 0.6 is 11.3 Å². The summed E-state index contributed by atoms with van der Waals surface area (Å²) in [5, 5.41) is 2.76. The van der Waals surface area contributed by atoms with Crippen molar-refractivity contribution in [3.63, 3.8) is 0 Å². The Bertz CT molecular complexity index is 884. The van der Waals surface area contributed by atoms with Crippen LogP contribution in [0.1, 0.15) is 9.75 Å². The maximum Gasteiger partial charge on any atom is 0.00958 e. The summed E-state index contributed by atoms with van der Waals surface area (Å²) in [7, 11) is 0. The highest BCUT2D eigenvalue weighted by Gasteiger charge is 2.13. The fourth-order valence-corrected chi connectivity index (χ4v) is 4.25. The Morgan fingerprint density at radius 1 is 0.565 bits per heavy atom. The van der Waals surface area contributed by atoms with Crippen LogP contribution in [0.2, 0.25) is 0 Å². The third-order valence-corrected chi connectivity index (χ3v) is 5.44. The predicted octanol–water partition coefficient (Wildman–Crippen LogP) is 6.85. The maximum absolute atomic E-state index is 2.37. The van der Waals surface area contributed by atoms with E-state index >= 15 is 0 Å². The Morgan fingerprint density at radius 2 is 0.957 bits per heavy atom. The quantitative estimate of drug-likeness (QED) is 0.379. The first-order valence-electron chi connectivity index (χ1n) is 7.88. The van der Waals surface area contributed by atoms with Gasteiger partial charge in [-0.3, -0.25) is 0 Å². The van der Waals surface area contributed by atoms with Crippen LogP contribution < -0.4 is 0 Å². The third-order valence-electron chi connectivity index (χ3n) is 4.39. The minimum absolute atomic E-state index is 1.27. The molecule has 1 heterocycles. The first-order chi connectivity index (χ1) is 11.2. The van der Waals surface area contributed by atoms with Crippen molar-refractivity contribution in [3.05, 3.63) is 82.6 Å². The molecule has 23 heavy (non-hydrogen) atoms. The predicted molar refractivity (Wildman–Crippen MR) is 102 cm³/mol. The lowest BCUT2D eigenvalue weighted by atomic mass is 9.92. The normalized spacial score (nSPS) is 11.0. The van der Waals surface area contributed by atoms with Crippen LogP contribution in [0.4, 0.5) is 0 Å². The van der Waals surface area contributed by atoms with Crippen LogP contribution in [0.3, 0.4) is 0 Å². The molecule has 3 aromatic carbocycles. The van der Waals surface area contributed by atoms with Crippen LogP contribution in [0.15, 0.2) is 72.8 Å². The minimum atomic E-state index is 1.27. The van der Waals surface area contributed by atoms with E-state index in [1.54, 1.807) is 0 Å². The van der Waals surface area contributed by atoms with Crippen LogP contribution in [-0.4, -0.2) is 0 Å². The number of thiophene rings is 1. The summed E-state index contributed by atoms with van der Waals surface area (Å²) in [6, 6.07) is 26.1. The fraction of sp³-hybridized carbons (Fsp3) is 0.0909. The molecule has 0 saturated heterocycles. The summed E-state index contributed by atoms with van der Waals surface area (Å²) in [6.45, 7) is 4.44. The molecule has 0 radical (unpaired) electrons. The van der Waals surface area contributed by atoms with E-state index in [4.69, 9.17) is 0 Å². The van der Waals surface area contributed by atoms with Crippen LogP contribution in [0, 0.1) is 13.8 Å². The van der Waals surface area contributed by atoms with Gasteiger partial charge in [-0.05, 0) is 59.0 Å². The van der Waals surface area contributed by atoms with Gasteiger partial charge in [-0.15, -0.1) is 11.3 Å². The Morgan fingerprint density at radius 3 is 1.35 bits per heavy atom. The van der Waals surface area contributed by atoms with Gasteiger partial charge < -0.3 is 0 Å². The zero-order valence-electron chi connectivity index (χ0n) is 13.3. The molecule has 0 bridgehead atoms. The molecule has 0 spiro atoms. The van der Waals surface area contributed by atoms with Gasteiger partial charge in [-0.2, -0.15) is 0 Å². The van der Waals surface area contributed by atoms with Gasteiger partial charge in [-0.1, -0.05) is 60.7 Å². The number of hydrogen-bond acceptors (Lipinski definition) is 1. The second kappa shape index (κ2) is 5.68. The van der Waals surface area contributed by atoms with E-state index in [2.05, 4.69) is 86.6 Å². The lowest BCUT2D eigenvalue weighted by Crippen LogP contribution is -1.86. The zero-order valence-corrected chi connectivity index (χ0v) is 14.2. The van der Waals surface area contributed by atoms with E-state index in [0.717, 1.165) is 0 Å². The highest BCUT2D eigenvalue weighted by atomic mass is 32.1. The molecule has 0 saturated carbocycles. The molecular weight excluding hydrogens is 296 g/mol. The Labute approximate surface area is 141 Å². The van der Waals surface area contributed by atoms with Crippen molar-refractivity contribution in [2.24, 2.45) is 0 Å². The molecule has 0 fully saturated rings. The van der Waals surface area contributed by atoms with Crippen molar-refractivity contribution in [3.8, 4) is 22.3 Å². The second-order valence-electron chi connectivity index (χ2n) is 5.89. The summed E-state index contributed by atoms with van der Waals surface area (Å²) in [6.07, 6.45) is 0. The van der Waals surface area contributed by atoms with Gasteiger partial charge >= 0.3 is 0 Å². The van der Waals surface area contributed by atoms with E-state index in [9.17, 15) is 0 Å². The van der Waals surface area contributed by atoms with Crippen molar-refractivity contribution in [1.29, 1.82) is 0 Å². The van der Waals surface area contributed by atoms with Crippen molar-refractivity contribution in [2.75, 3.05) is 0 Å². The van der Waals surface area contributed by atoms with E-state index in [1.165, 1.54) is 42.8 Å². The zero-order chi connectivity index (χ0) is 15.8. The smallest absolute Gasteiger partial charge is 0.00958 e. The molecule has 0 aliphatic heterocycles. The largest absolute Gasteiger partial charge is 0.145 e. The van der Waals surface area contributed by atoms with Gasteiger partial charge in [0.2, 0.25) is 0 Å². The summed E-state index contributed by atoms with van der Waals surface area (Å²) in [5.41, 5.74) is 5.17. The number of fused-ring (bicyclic) bond motifs is 1. The molecule has 0 nitrogen and oxygen atoms in total. The fourth-order valence-electron chi connectivity index (χ4n) is 3.23. The number of rotatable bonds is 2. The van der Waals surface area contributed by atoms with E-state index in [-0.39, 0.29) is 0 Å². The first kappa shape index (κ1) is 14.2.